The number of benzene rings is 1. The summed E-state index contributed by atoms with van der Waals surface area (Å²) in [6, 6.07) is 9.60. The number of guanidine groups is 1. The Balaban J connectivity index is 0.00000289. The molecule has 0 spiro atoms. The highest BCUT2D eigenvalue weighted by atomic mass is 127. The second-order valence-electron chi connectivity index (χ2n) is 7.57. The molecule has 0 radical (unpaired) electrons. The molecule has 1 aromatic heterocycles. The van der Waals surface area contributed by atoms with Crippen molar-refractivity contribution in [3.8, 4) is 11.5 Å². The summed E-state index contributed by atoms with van der Waals surface area (Å²) in [7, 11) is 0. The SMILES string of the molecule is I.c1coc(CN=C(NCCCOCC2CCCO2)Nc2ccc3c(c2)OCCCO3)c1. The summed E-state index contributed by atoms with van der Waals surface area (Å²) >= 11 is 0. The van der Waals surface area contributed by atoms with Gasteiger partial charge in [-0.1, -0.05) is 0 Å². The Hall–Kier alpha value is -1.98. The zero-order valence-electron chi connectivity index (χ0n) is 18.2. The van der Waals surface area contributed by atoms with Gasteiger partial charge in [-0.15, -0.1) is 24.0 Å². The van der Waals surface area contributed by atoms with Crippen LogP contribution in [0.2, 0.25) is 0 Å². The standard InChI is InChI=1S/C23H31N3O5.HI/c1-5-19(28-11-1)16-25-23(24-9-3-10-27-17-20-6-2-12-29-20)26-18-7-8-21-22(15-18)31-14-4-13-30-21;/h1,5,7-8,11,15,20H,2-4,6,9-10,12-14,16-17H2,(H2,24,25,26);1H. The van der Waals surface area contributed by atoms with Crippen molar-refractivity contribution in [1.82, 2.24) is 5.32 Å². The Labute approximate surface area is 206 Å². The number of anilines is 1. The number of nitrogens with one attached hydrogen (secondary N) is 2. The molecule has 2 aliphatic heterocycles. The molecule has 1 saturated heterocycles. The minimum absolute atomic E-state index is 0. The summed E-state index contributed by atoms with van der Waals surface area (Å²) in [5.74, 6) is 2.99. The van der Waals surface area contributed by atoms with Gasteiger partial charge in [-0.05, 0) is 43.5 Å². The second kappa shape index (κ2) is 13.5. The van der Waals surface area contributed by atoms with Crippen LogP contribution in [-0.2, 0) is 16.0 Å². The van der Waals surface area contributed by atoms with Crippen molar-refractivity contribution >= 4 is 35.6 Å². The fourth-order valence-corrected chi connectivity index (χ4v) is 3.45. The summed E-state index contributed by atoms with van der Waals surface area (Å²) < 4.78 is 28.2. The van der Waals surface area contributed by atoms with E-state index in [4.69, 9.17) is 23.4 Å². The number of nitrogens with zero attached hydrogens (tertiary/aromatic N) is 1. The molecule has 2 aliphatic rings. The van der Waals surface area contributed by atoms with E-state index in [1.54, 1.807) is 6.26 Å². The van der Waals surface area contributed by atoms with Crippen molar-refractivity contribution in [3.63, 3.8) is 0 Å². The monoisotopic (exact) mass is 557 g/mol. The maximum absolute atomic E-state index is 5.79. The van der Waals surface area contributed by atoms with Crippen LogP contribution in [0.1, 0.15) is 31.4 Å². The molecule has 8 nitrogen and oxygen atoms in total. The first-order valence-corrected chi connectivity index (χ1v) is 11.0. The predicted octanol–water partition coefficient (Wildman–Crippen LogP) is 4.20. The van der Waals surface area contributed by atoms with Gasteiger partial charge in [-0.3, -0.25) is 0 Å². The Morgan fingerprint density at radius 3 is 2.81 bits per heavy atom. The van der Waals surface area contributed by atoms with Crippen LogP contribution in [0.25, 0.3) is 0 Å². The Morgan fingerprint density at radius 2 is 2.00 bits per heavy atom. The summed E-state index contributed by atoms with van der Waals surface area (Å²) in [4.78, 5) is 4.64. The van der Waals surface area contributed by atoms with E-state index in [0.717, 1.165) is 61.8 Å². The highest BCUT2D eigenvalue weighted by molar-refractivity contribution is 14.0. The predicted molar refractivity (Wildman–Crippen MR) is 133 cm³/mol. The van der Waals surface area contributed by atoms with E-state index >= 15 is 0 Å². The van der Waals surface area contributed by atoms with Crippen LogP contribution in [0, 0.1) is 0 Å². The number of furan rings is 1. The second-order valence-corrected chi connectivity index (χ2v) is 7.57. The summed E-state index contributed by atoms with van der Waals surface area (Å²) in [6.07, 6.45) is 5.90. The van der Waals surface area contributed by atoms with Crippen molar-refractivity contribution in [1.29, 1.82) is 0 Å². The third-order valence-electron chi connectivity index (χ3n) is 5.07. The quantitative estimate of drug-likeness (QED) is 0.207. The molecular weight excluding hydrogens is 525 g/mol. The molecule has 32 heavy (non-hydrogen) atoms. The van der Waals surface area contributed by atoms with E-state index in [2.05, 4.69) is 15.6 Å². The molecule has 0 bridgehead atoms. The van der Waals surface area contributed by atoms with Crippen molar-refractivity contribution in [2.75, 3.05) is 44.9 Å². The molecule has 1 fully saturated rings. The van der Waals surface area contributed by atoms with Crippen LogP contribution in [0.4, 0.5) is 5.69 Å². The highest BCUT2D eigenvalue weighted by Crippen LogP contribution is 2.32. The Bertz CT molecular complexity index is 825. The van der Waals surface area contributed by atoms with Gasteiger partial charge < -0.3 is 34.0 Å². The van der Waals surface area contributed by atoms with E-state index < -0.39 is 0 Å². The number of ether oxygens (including phenoxy) is 4. The zero-order chi connectivity index (χ0) is 21.1. The topological polar surface area (TPSA) is 86.5 Å². The van der Waals surface area contributed by atoms with Crippen molar-refractivity contribution in [3.05, 3.63) is 42.4 Å². The lowest BCUT2D eigenvalue weighted by Crippen LogP contribution is -2.32. The molecule has 0 aliphatic carbocycles. The van der Waals surface area contributed by atoms with Gasteiger partial charge in [-0.2, -0.15) is 0 Å². The molecule has 9 heteroatoms. The number of halogens is 1. The number of aliphatic imine (C=N–C) groups is 1. The van der Waals surface area contributed by atoms with Gasteiger partial charge in [0.15, 0.2) is 17.5 Å². The third kappa shape index (κ3) is 7.86. The van der Waals surface area contributed by atoms with Crippen molar-refractivity contribution in [2.45, 2.75) is 38.3 Å². The maximum atomic E-state index is 5.79. The fraction of sp³-hybridized carbons (Fsp3) is 0.522. The third-order valence-corrected chi connectivity index (χ3v) is 5.07. The molecular formula is C23H32IN3O5. The smallest absolute Gasteiger partial charge is 0.196 e. The minimum Gasteiger partial charge on any atom is -0.490 e. The van der Waals surface area contributed by atoms with Crippen LogP contribution in [0.5, 0.6) is 11.5 Å². The lowest BCUT2D eigenvalue weighted by molar-refractivity contribution is 0.0168. The highest BCUT2D eigenvalue weighted by Gasteiger charge is 2.15. The largest absolute Gasteiger partial charge is 0.490 e. The summed E-state index contributed by atoms with van der Waals surface area (Å²) in [5, 5.41) is 6.71. The molecule has 3 heterocycles. The first kappa shape index (κ1) is 24.7. The molecule has 2 aromatic rings. The van der Waals surface area contributed by atoms with Gasteiger partial charge in [0.2, 0.25) is 0 Å². The molecule has 176 valence electrons. The summed E-state index contributed by atoms with van der Waals surface area (Å²) in [5.41, 5.74) is 0.879. The average Bonchev–Trinajstić information content (AvgIpc) is 3.45. The van der Waals surface area contributed by atoms with Gasteiger partial charge in [0, 0.05) is 37.9 Å². The Morgan fingerprint density at radius 1 is 1.09 bits per heavy atom. The number of hydrogen-bond donors (Lipinski definition) is 2. The lowest BCUT2D eigenvalue weighted by atomic mass is 10.2. The van der Waals surface area contributed by atoms with Gasteiger partial charge in [-0.25, -0.2) is 4.99 Å². The van der Waals surface area contributed by atoms with Gasteiger partial charge >= 0.3 is 0 Å². The molecule has 1 unspecified atom stereocenters. The molecule has 2 N–H and O–H groups in total. The lowest BCUT2D eigenvalue weighted by Gasteiger charge is -2.15. The van der Waals surface area contributed by atoms with Gasteiger partial charge in [0.05, 0.1) is 32.2 Å². The van der Waals surface area contributed by atoms with Crippen LogP contribution in [-0.4, -0.2) is 51.6 Å². The van der Waals surface area contributed by atoms with E-state index in [0.29, 0.717) is 38.9 Å². The molecule has 0 saturated carbocycles. The fourth-order valence-electron chi connectivity index (χ4n) is 3.45. The number of rotatable bonds is 9. The first-order chi connectivity index (χ1) is 15.4. The first-order valence-electron chi connectivity index (χ1n) is 11.0. The van der Waals surface area contributed by atoms with E-state index in [1.807, 2.05) is 30.3 Å². The minimum atomic E-state index is 0. The van der Waals surface area contributed by atoms with Crippen LogP contribution in [0.3, 0.4) is 0 Å². The summed E-state index contributed by atoms with van der Waals surface area (Å²) in [6.45, 7) is 4.72. The zero-order valence-corrected chi connectivity index (χ0v) is 20.5. The molecule has 1 aromatic carbocycles. The van der Waals surface area contributed by atoms with E-state index in [-0.39, 0.29) is 30.1 Å². The molecule has 0 amide bonds. The van der Waals surface area contributed by atoms with Crippen molar-refractivity contribution < 1.29 is 23.4 Å². The average molecular weight is 557 g/mol. The molecule has 1 atom stereocenters. The van der Waals surface area contributed by atoms with E-state index in [1.165, 1.54) is 0 Å². The van der Waals surface area contributed by atoms with Gasteiger partial charge in [0.25, 0.3) is 0 Å². The Kier molecular flexibility index (Phi) is 10.4. The number of fused-ring (bicyclic) bond motifs is 1. The van der Waals surface area contributed by atoms with Crippen LogP contribution in [0.15, 0.2) is 46.0 Å². The van der Waals surface area contributed by atoms with Gasteiger partial charge in [0.1, 0.15) is 12.3 Å². The normalized spacial score (nSPS) is 18.0. The van der Waals surface area contributed by atoms with Crippen LogP contribution >= 0.6 is 24.0 Å². The maximum Gasteiger partial charge on any atom is 0.196 e. The number of hydrogen-bond acceptors (Lipinski definition) is 6. The van der Waals surface area contributed by atoms with Crippen LogP contribution < -0.4 is 20.1 Å². The van der Waals surface area contributed by atoms with Crippen molar-refractivity contribution in [2.24, 2.45) is 4.99 Å². The molecule has 4 rings (SSSR count). The van der Waals surface area contributed by atoms with E-state index in [9.17, 15) is 0 Å².